The summed E-state index contributed by atoms with van der Waals surface area (Å²) in [6.45, 7) is 0.483. The molecule has 0 unspecified atom stereocenters. The largest absolute Gasteiger partial charge is 0.420 e. The normalized spacial score (nSPS) is 20.9. The lowest BCUT2D eigenvalue weighted by molar-refractivity contribution is -0.124. The van der Waals surface area contributed by atoms with Crippen molar-refractivity contribution in [3.05, 3.63) is 23.1 Å². The Balaban J connectivity index is 2.19. The molecule has 0 N–H and O–H groups in total. The molecule has 2 aliphatic heterocycles. The minimum Gasteiger partial charge on any atom is -0.420 e. The highest BCUT2D eigenvalue weighted by molar-refractivity contribution is 8.03. The van der Waals surface area contributed by atoms with Gasteiger partial charge in [-0.25, -0.2) is 0 Å². The maximum atomic E-state index is 10.0. The molecule has 2 aliphatic rings. The smallest absolute Gasteiger partial charge is 0.299 e. The van der Waals surface area contributed by atoms with Crippen molar-refractivity contribution in [3.63, 3.8) is 0 Å². The zero-order valence-corrected chi connectivity index (χ0v) is 6.63. The van der Waals surface area contributed by atoms with Crippen molar-refractivity contribution in [1.29, 1.82) is 0 Å². The molecule has 2 rings (SSSR count). The van der Waals surface area contributed by atoms with Gasteiger partial charge in [-0.05, 0) is 0 Å². The van der Waals surface area contributed by atoms with Crippen LogP contribution in [0.5, 0.6) is 0 Å². The molecule has 0 radical (unpaired) electrons. The predicted octanol–water partition coefficient (Wildman–Crippen LogP) is 1.25. The van der Waals surface area contributed by atoms with Crippen LogP contribution in [0.25, 0.3) is 0 Å². The van der Waals surface area contributed by atoms with Gasteiger partial charge in [0, 0.05) is 12.6 Å². The Morgan fingerprint density at radius 1 is 1.73 bits per heavy atom. The highest BCUT2D eigenvalue weighted by atomic mass is 32.2. The molecule has 0 aromatic heterocycles. The van der Waals surface area contributed by atoms with Gasteiger partial charge >= 0.3 is 0 Å². The lowest BCUT2D eigenvalue weighted by atomic mass is 10.4. The number of carbonyl (C=O) groups is 1. The van der Waals surface area contributed by atoms with E-state index in [1.54, 1.807) is 11.8 Å². The van der Waals surface area contributed by atoms with Crippen molar-refractivity contribution in [3.8, 4) is 0 Å². The third-order valence-electron chi connectivity index (χ3n) is 1.67. The second kappa shape index (κ2) is 2.62. The van der Waals surface area contributed by atoms with Gasteiger partial charge in [-0.2, -0.15) is 0 Å². The maximum Gasteiger partial charge on any atom is 0.299 e. The average molecular weight is 169 g/mol. The Kier molecular flexibility index (Phi) is 1.62. The van der Waals surface area contributed by atoms with Gasteiger partial charge in [-0.1, -0.05) is 17.8 Å². The zero-order valence-electron chi connectivity index (χ0n) is 5.82. The molecule has 11 heavy (non-hydrogen) atoms. The molecular weight excluding hydrogens is 162 g/mol. The summed E-state index contributed by atoms with van der Waals surface area (Å²) in [5.74, 6) is 0.870. The second-order valence-corrected chi connectivity index (χ2v) is 3.20. The number of nitrogens with zero attached hydrogens (tertiary/aromatic N) is 1. The minimum atomic E-state index is 0.483. The molecule has 3 nitrogen and oxygen atoms in total. The van der Waals surface area contributed by atoms with E-state index < -0.39 is 0 Å². The summed E-state index contributed by atoms with van der Waals surface area (Å²) >= 11 is 1.56. The molecule has 58 valence electrons. The van der Waals surface area contributed by atoms with E-state index >= 15 is 0 Å². The lowest BCUT2D eigenvalue weighted by Gasteiger charge is -2.07. The van der Waals surface area contributed by atoms with Crippen LogP contribution in [-0.4, -0.2) is 17.2 Å². The first kappa shape index (κ1) is 6.79. The molecular formula is C7H7NO2S. The van der Waals surface area contributed by atoms with Crippen LogP contribution in [0.2, 0.25) is 0 Å². The number of carbonyl (C=O) groups excluding carboxylic acids is 1. The van der Waals surface area contributed by atoms with Gasteiger partial charge in [-0.15, -0.1) is 0 Å². The molecule has 0 aromatic carbocycles. The van der Waals surface area contributed by atoms with Gasteiger partial charge in [0.2, 0.25) is 0 Å². The fourth-order valence-corrected chi connectivity index (χ4v) is 2.15. The molecule has 0 amide bonds. The van der Waals surface area contributed by atoms with E-state index in [1.165, 1.54) is 0 Å². The van der Waals surface area contributed by atoms with Crippen molar-refractivity contribution < 1.29 is 9.53 Å². The summed E-state index contributed by atoms with van der Waals surface area (Å²) in [4.78, 5) is 12.1. The van der Waals surface area contributed by atoms with Crippen LogP contribution >= 0.6 is 11.8 Å². The first-order chi connectivity index (χ1) is 5.42. The highest BCUT2D eigenvalue weighted by Crippen LogP contribution is 2.37. The molecule has 0 saturated carbocycles. The summed E-state index contributed by atoms with van der Waals surface area (Å²) in [5.41, 5.74) is 1.11. The lowest BCUT2D eigenvalue weighted by Crippen LogP contribution is -2.05. The molecule has 0 atom stereocenters. The van der Waals surface area contributed by atoms with Gasteiger partial charge in [0.15, 0.2) is 5.09 Å². The van der Waals surface area contributed by atoms with Crippen molar-refractivity contribution >= 4 is 18.2 Å². The molecule has 0 spiro atoms. The van der Waals surface area contributed by atoms with Crippen LogP contribution in [0.1, 0.15) is 6.42 Å². The van der Waals surface area contributed by atoms with Crippen molar-refractivity contribution in [1.82, 2.24) is 4.90 Å². The van der Waals surface area contributed by atoms with E-state index in [0.29, 0.717) is 6.47 Å². The number of ether oxygens (including phenoxy) is 1. The summed E-state index contributed by atoms with van der Waals surface area (Å²) in [6, 6.07) is 0. The summed E-state index contributed by atoms with van der Waals surface area (Å²) in [5, 5.41) is 0.755. The molecule has 0 saturated heterocycles. The third kappa shape index (κ3) is 1.03. The Hall–Kier alpha value is -0.900. The van der Waals surface area contributed by atoms with E-state index in [9.17, 15) is 4.79 Å². The quantitative estimate of drug-likeness (QED) is 0.582. The fourth-order valence-electron chi connectivity index (χ4n) is 1.18. The SMILES string of the molecule is O=COC1=C2CC=CN2CS1. The molecule has 0 aliphatic carbocycles. The van der Waals surface area contributed by atoms with Gasteiger partial charge in [0.25, 0.3) is 6.47 Å². The number of hydrogen-bond donors (Lipinski definition) is 0. The van der Waals surface area contributed by atoms with E-state index in [2.05, 4.69) is 11.0 Å². The molecule has 2 heterocycles. The number of allylic oxidation sites excluding steroid dienone is 1. The number of thioether (sulfide) groups is 1. The monoisotopic (exact) mass is 169 g/mol. The van der Waals surface area contributed by atoms with Crippen LogP contribution in [0.15, 0.2) is 23.1 Å². The van der Waals surface area contributed by atoms with Gasteiger partial charge in [-0.3, -0.25) is 4.79 Å². The van der Waals surface area contributed by atoms with E-state index in [-0.39, 0.29) is 0 Å². The maximum absolute atomic E-state index is 10.0. The van der Waals surface area contributed by atoms with Crippen LogP contribution in [0.4, 0.5) is 0 Å². The molecule has 0 fully saturated rings. The Labute approximate surface area is 68.7 Å². The average Bonchev–Trinajstić information content (AvgIpc) is 2.53. The van der Waals surface area contributed by atoms with Crippen molar-refractivity contribution in [2.45, 2.75) is 6.42 Å². The van der Waals surface area contributed by atoms with Crippen LogP contribution < -0.4 is 0 Å². The minimum absolute atomic E-state index is 0.483. The number of fused-ring (bicyclic) bond motifs is 1. The van der Waals surface area contributed by atoms with Crippen molar-refractivity contribution in [2.24, 2.45) is 0 Å². The van der Waals surface area contributed by atoms with E-state index in [4.69, 9.17) is 4.74 Å². The number of rotatable bonds is 2. The van der Waals surface area contributed by atoms with Gasteiger partial charge in [0.1, 0.15) is 0 Å². The molecule has 0 aromatic rings. The summed E-state index contributed by atoms with van der Waals surface area (Å²) < 4.78 is 4.80. The molecule has 4 heteroatoms. The van der Waals surface area contributed by atoms with Gasteiger partial charge < -0.3 is 9.64 Å². The van der Waals surface area contributed by atoms with Crippen LogP contribution in [0.3, 0.4) is 0 Å². The highest BCUT2D eigenvalue weighted by Gasteiger charge is 2.24. The standard InChI is InChI=1S/C7H7NO2S/c9-5-10-7-6-2-1-3-8(6)4-11-7/h1,3,5H,2,4H2. The Bertz CT molecular complexity index is 247. The third-order valence-corrected chi connectivity index (χ3v) is 2.67. The number of hydrogen-bond acceptors (Lipinski definition) is 4. The van der Waals surface area contributed by atoms with E-state index in [1.807, 2.05) is 6.20 Å². The Morgan fingerprint density at radius 3 is 3.45 bits per heavy atom. The Morgan fingerprint density at radius 2 is 2.64 bits per heavy atom. The zero-order chi connectivity index (χ0) is 7.68. The fraction of sp³-hybridized carbons (Fsp3) is 0.286. The summed E-state index contributed by atoms with van der Waals surface area (Å²) in [7, 11) is 0. The predicted molar refractivity (Wildman–Crippen MR) is 42.2 cm³/mol. The van der Waals surface area contributed by atoms with E-state index in [0.717, 1.165) is 23.1 Å². The second-order valence-electron chi connectivity index (χ2n) is 2.28. The summed E-state index contributed by atoms with van der Waals surface area (Å²) in [6.07, 6.45) is 4.96. The van der Waals surface area contributed by atoms with Gasteiger partial charge in [0.05, 0.1) is 11.6 Å². The van der Waals surface area contributed by atoms with Crippen LogP contribution in [0, 0.1) is 0 Å². The first-order valence-electron chi connectivity index (χ1n) is 3.31. The van der Waals surface area contributed by atoms with Crippen molar-refractivity contribution in [2.75, 3.05) is 5.88 Å². The molecule has 0 bridgehead atoms. The first-order valence-corrected chi connectivity index (χ1v) is 4.30. The topological polar surface area (TPSA) is 29.5 Å². The van der Waals surface area contributed by atoms with Crippen LogP contribution in [-0.2, 0) is 9.53 Å².